The van der Waals surface area contributed by atoms with Crippen molar-refractivity contribution in [2.45, 2.75) is 25.7 Å². The van der Waals surface area contributed by atoms with E-state index in [-0.39, 0.29) is 5.29 Å². The number of hydrogen-bond acceptors (Lipinski definition) is 4. The molecule has 15 heavy (non-hydrogen) atoms. The molecule has 0 spiro atoms. The lowest BCUT2D eigenvalue weighted by Crippen LogP contribution is -2.28. The maximum Gasteiger partial charge on any atom is 0.325 e. The first-order chi connectivity index (χ1) is 6.99. The van der Waals surface area contributed by atoms with Crippen LogP contribution in [0.2, 0.25) is 0 Å². The van der Waals surface area contributed by atoms with Crippen molar-refractivity contribution >= 4 is 27.0 Å². The van der Waals surface area contributed by atoms with Crippen molar-refractivity contribution in [3.63, 3.8) is 0 Å². The lowest BCUT2D eigenvalue weighted by atomic mass is 10.2. The molecule has 0 unspecified atom stereocenters. The molecule has 0 radical (unpaired) electrons. The first-order valence-corrected chi connectivity index (χ1v) is 7.05. The third kappa shape index (κ3) is 5.22. The summed E-state index contributed by atoms with van der Waals surface area (Å²) in [5, 5.41) is 3.49. The third-order valence-corrected chi connectivity index (χ3v) is 2.77. The zero-order valence-corrected chi connectivity index (χ0v) is 10.2. The lowest BCUT2D eigenvalue weighted by molar-refractivity contribution is 0.328. The van der Waals surface area contributed by atoms with Crippen LogP contribution in [0.15, 0.2) is 5.16 Å². The molecule has 0 aliphatic carbocycles. The van der Waals surface area contributed by atoms with Crippen molar-refractivity contribution < 1.29 is 12.7 Å². The second kappa shape index (κ2) is 5.55. The van der Waals surface area contributed by atoms with Crippen LogP contribution in [0.4, 0.5) is 0 Å². The smallest absolute Gasteiger partial charge is 0.325 e. The van der Waals surface area contributed by atoms with E-state index in [0.717, 1.165) is 32.2 Å². The second-order valence-corrected chi connectivity index (χ2v) is 5.44. The average molecular weight is 255 g/mol. The molecular weight excluding hydrogens is 240 g/mol. The Balaban J connectivity index is 2.53. The number of rotatable bonds is 2. The number of nitrogens with zero attached hydrogens (tertiary/aromatic N) is 2. The van der Waals surface area contributed by atoms with Gasteiger partial charge in [-0.05, 0) is 29.6 Å². The van der Waals surface area contributed by atoms with Gasteiger partial charge in [-0.2, -0.15) is 8.42 Å². The van der Waals surface area contributed by atoms with Gasteiger partial charge in [-0.1, -0.05) is 12.8 Å². The minimum absolute atomic E-state index is 0.113. The maximum atomic E-state index is 10.7. The van der Waals surface area contributed by atoms with Crippen molar-refractivity contribution in [2.75, 3.05) is 19.3 Å². The van der Waals surface area contributed by atoms with E-state index >= 15 is 0 Å². The quantitative estimate of drug-likeness (QED) is 0.323. The highest BCUT2D eigenvalue weighted by molar-refractivity contribution is 7.85. The van der Waals surface area contributed by atoms with Crippen molar-refractivity contribution in [3.05, 3.63) is 0 Å². The first-order valence-electron chi connectivity index (χ1n) is 4.86. The van der Waals surface area contributed by atoms with Gasteiger partial charge in [0.2, 0.25) is 5.29 Å². The Bertz CT molecular complexity index is 321. The standard InChI is InChI=1S/C8H15ClN2O3S/c1-15(12,13)14-10-8(9)11-6-4-2-3-5-7-11/h2-7H2,1H3. The molecule has 1 aliphatic heterocycles. The molecule has 1 aliphatic rings. The van der Waals surface area contributed by atoms with E-state index in [1.54, 1.807) is 0 Å². The Hall–Kier alpha value is -0.490. The van der Waals surface area contributed by atoms with Crippen LogP contribution in [0.25, 0.3) is 0 Å². The fourth-order valence-corrected chi connectivity index (χ4v) is 1.86. The molecule has 1 heterocycles. The molecule has 1 saturated heterocycles. The van der Waals surface area contributed by atoms with E-state index in [9.17, 15) is 8.42 Å². The van der Waals surface area contributed by atoms with Gasteiger partial charge in [0.15, 0.2) is 0 Å². The van der Waals surface area contributed by atoms with E-state index in [0.29, 0.717) is 0 Å². The van der Waals surface area contributed by atoms with E-state index in [1.807, 2.05) is 4.90 Å². The van der Waals surface area contributed by atoms with Crippen LogP contribution in [0, 0.1) is 0 Å². The summed E-state index contributed by atoms with van der Waals surface area (Å²) in [6, 6.07) is 0. The Morgan fingerprint density at radius 1 is 1.27 bits per heavy atom. The molecule has 0 aromatic heterocycles. The Morgan fingerprint density at radius 3 is 2.27 bits per heavy atom. The normalized spacial score (nSPS) is 19.9. The highest BCUT2D eigenvalue weighted by Gasteiger charge is 2.13. The van der Waals surface area contributed by atoms with Gasteiger partial charge in [0, 0.05) is 13.1 Å². The van der Waals surface area contributed by atoms with Crippen LogP contribution in [0.1, 0.15) is 25.7 Å². The largest absolute Gasteiger partial charge is 0.344 e. The molecule has 0 aromatic carbocycles. The summed E-state index contributed by atoms with van der Waals surface area (Å²) < 4.78 is 25.6. The summed E-state index contributed by atoms with van der Waals surface area (Å²) >= 11 is 5.82. The molecular formula is C8H15ClN2O3S. The molecule has 88 valence electrons. The Kier molecular flexibility index (Phi) is 4.66. The van der Waals surface area contributed by atoms with Gasteiger partial charge in [0.25, 0.3) is 0 Å². The SMILES string of the molecule is CS(=O)(=O)ON=C(Cl)N1CCCCCC1. The van der Waals surface area contributed by atoms with E-state index < -0.39 is 10.1 Å². The number of hydrogen-bond donors (Lipinski definition) is 0. The molecule has 5 nitrogen and oxygen atoms in total. The summed E-state index contributed by atoms with van der Waals surface area (Å²) in [7, 11) is -3.57. The number of amidine groups is 1. The number of halogens is 1. The van der Waals surface area contributed by atoms with Crippen molar-refractivity contribution in [3.8, 4) is 0 Å². The van der Waals surface area contributed by atoms with Gasteiger partial charge in [0.05, 0.1) is 6.26 Å². The van der Waals surface area contributed by atoms with E-state index in [4.69, 9.17) is 11.6 Å². The van der Waals surface area contributed by atoms with Crippen LogP contribution in [-0.2, 0) is 14.4 Å². The van der Waals surface area contributed by atoms with Gasteiger partial charge in [-0.3, -0.25) is 4.28 Å². The van der Waals surface area contributed by atoms with Gasteiger partial charge in [0.1, 0.15) is 0 Å². The van der Waals surface area contributed by atoms with Crippen molar-refractivity contribution in [1.29, 1.82) is 0 Å². The second-order valence-electron chi connectivity index (χ2n) is 3.54. The molecule has 1 rings (SSSR count). The van der Waals surface area contributed by atoms with E-state index in [1.165, 1.54) is 12.8 Å². The molecule has 0 saturated carbocycles. The zero-order chi connectivity index (χ0) is 11.3. The topological polar surface area (TPSA) is 59.0 Å². The molecule has 0 atom stereocenters. The average Bonchev–Trinajstić information content (AvgIpc) is 2.41. The Labute approximate surface area is 95.1 Å². The van der Waals surface area contributed by atoms with Gasteiger partial charge >= 0.3 is 10.1 Å². The predicted molar refractivity (Wildman–Crippen MR) is 59.3 cm³/mol. The summed E-state index contributed by atoms with van der Waals surface area (Å²) in [6.45, 7) is 1.60. The third-order valence-electron chi connectivity index (χ3n) is 2.11. The van der Waals surface area contributed by atoms with Gasteiger partial charge in [-0.25, -0.2) is 0 Å². The summed E-state index contributed by atoms with van der Waals surface area (Å²) in [6.07, 6.45) is 5.37. The number of oxime groups is 1. The van der Waals surface area contributed by atoms with Crippen LogP contribution < -0.4 is 0 Å². The molecule has 0 bridgehead atoms. The fourth-order valence-electron chi connectivity index (χ4n) is 1.41. The molecule has 1 fully saturated rings. The van der Waals surface area contributed by atoms with Crippen LogP contribution in [0.5, 0.6) is 0 Å². The highest BCUT2D eigenvalue weighted by atomic mass is 35.5. The maximum absolute atomic E-state index is 10.7. The molecule has 7 heteroatoms. The zero-order valence-electron chi connectivity index (χ0n) is 8.65. The van der Waals surface area contributed by atoms with E-state index in [2.05, 4.69) is 9.44 Å². The molecule has 0 aromatic rings. The minimum Gasteiger partial charge on any atom is -0.344 e. The van der Waals surface area contributed by atoms with Crippen LogP contribution in [-0.4, -0.2) is 38.0 Å². The van der Waals surface area contributed by atoms with Gasteiger partial charge < -0.3 is 4.90 Å². The van der Waals surface area contributed by atoms with Crippen molar-refractivity contribution in [1.82, 2.24) is 4.90 Å². The van der Waals surface area contributed by atoms with Crippen LogP contribution in [0.3, 0.4) is 0 Å². The fraction of sp³-hybridized carbons (Fsp3) is 0.875. The Morgan fingerprint density at radius 2 is 1.80 bits per heavy atom. The lowest BCUT2D eigenvalue weighted by Gasteiger charge is -2.18. The summed E-state index contributed by atoms with van der Waals surface area (Å²) in [5.74, 6) is 0. The monoisotopic (exact) mass is 254 g/mol. The molecule has 0 amide bonds. The highest BCUT2D eigenvalue weighted by Crippen LogP contribution is 2.11. The molecule has 0 N–H and O–H groups in total. The summed E-state index contributed by atoms with van der Waals surface area (Å²) in [5.41, 5.74) is 0. The van der Waals surface area contributed by atoms with Crippen molar-refractivity contribution in [2.24, 2.45) is 5.16 Å². The van der Waals surface area contributed by atoms with Crippen LogP contribution >= 0.6 is 11.6 Å². The van der Waals surface area contributed by atoms with Gasteiger partial charge in [-0.15, -0.1) is 0 Å². The number of likely N-dealkylation sites (tertiary alicyclic amines) is 1. The summed E-state index contributed by atoms with van der Waals surface area (Å²) in [4.78, 5) is 1.83. The minimum atomic E-state index is -3.57. The predicted octanol–water partition coefficient (Wildman–Crippen LogP) is 1.35. The first kappa shape index (κ1) is 12.6.